The summed E-state index contributed by atoms with van der Waals surface area (Å²) >= 11 is 5.97. The molecular weight excluding hydrogens is 440 g/mol. The first kappa shape index (κ1) is 21.5. The molecule has 3 aromatic carbocycles. The van der Waals surface area contributed by atoms with Crippen LogP contribution in [-0.2, 0) is 15.6 Å². The lowest BCUT2D eigenvalue weighted by Gasteiger charge is -2.21. The zero-order chi connectivity index (χ0) is 22.3. The Morgan fingerprint density at radius 1 is 1.00 bits per heavy atom. The number of H-pyrrole nitrogens is 1. The second-order valence-electron chi connectivity index (χ2n) is 7.75. The summed E-state index contributed by atoms with van der Waals surface area (Å²) in [6.45, 7) is 1.78. The molecule has 31 heavy (non-hydrogen) atoms. The van der Waals surface area contributed by atoms with E-state index in [1.54, 1.807) is 43.5 Å². The molecule has 0 fully saturated rings. The molecule has 3 nitrogen and oxygen atoms in total. The number of nitrogens with one attached hydrogen (secondary N) is 1. The van der Waals surface area contributed by atoms with Crippen LogP contribution in [0.15, 0.2) is 60.8 Å². The van der Waals surface area contributed by atoms with E-state index in [4.69, 9.17) is 11.6 Å². The standard InChI is InChI=1S/C24H20ClF2NO2S/c1-14-10-17(26)7-9-18(14)23(20-8-6-16(25)11-22(20)27)21-12-28-24-15(13-31(2,29)30)4-3-5-19(21)24/h3-12,23,28H,13H2,1-2H3. The minimum Gasteiger partial charge on any atom is -0.361 e. The summed E-state index contributed by atoms with van der Waals surface area (Å²) in [6.07, 6.45) is 2.95. The third-order valence-corrected chi connectivity index (χ3v) is 6.45. The van der Waals surface area contributed by atoms with Gasteiger partial charge in [-0.2, -0.15) is 0 Å². The van der Waals surface area contributed by atoms with Gasteiger partial charge in [0.05, 0.1) is 5.75 Å². The summed E-state index contributed by atoms with van der Waals surface area (Å²) in [7, 11) is -3.24. The van der Waals surface area contributed by atoms with Gasteiger partial charge >= 0.3 is 0 Å². The molecule has 160 valence electrons. The number of rotatable bonds is 5. The molecule has 0 aliphatic rings. The number of aryl methyl sites for hydroxylation is 1. The maximum absolute atomic E-state index is 15.0. The number of aromatic amines is 1. The summed E-state index contributed by atoms with van der Waals surface area (Å²) in [5.74, 6) is -1.49. The van der Waals surface area contributed by atoms with Gasteiger partial charge in [0.1, 0.15) is 11.6 Å². The number of fused-ring (bicyclic) bond motifs is 1. The number of para-hydroxylation sites is 1. The van der Waals surface area contributed by atoms with E-state index in [0.29, 0.717) is 22.2 Å². The van der Waals surface area contributed by atoms with Crippen LogP contribution in [0.5, 0.6) is 0 Å². The fourth-order valence-corrected chi connectivity index (χ4v) is 5.05. The van der Waals surface area contributed by atoms with Crippen LogP contribution in [0, 0.1) is 18.6 Å². The molecule has 1 unspecified atom stereocenters. The predicted molar refractivity (Wildman–Crippen MR) is 120 cm³/mol. The van der Waals surface area contributed by atoms with E-state index in [2.05, 4.69) is 4.98 Å². The number of sulfone groups is 1. The van der Waals surface area contributed by atoms with Crippen LogP contribution >= 0.6 is 11.6 Å². The Morgan fingerprint density at radius 3 is 2.42 bits per heavy atom. The van der Waals surface area contributed by atoms with Crippen molar-refractivity contribution in [1.29, 1.82) is 0 Å². The van der Waals surface area contributed by atoms with E-state index in [9.17, 15) is 12.8 Å². The highest BCUT2D eigenvalue weighted by molar-refractivity contribution is 7.89. The van der Waals surface area contributed by atoms with Crippen molar-refractivity contribution in [2.24, 2.45) is 0 Å². The largest absolute Gasteiger partial charge is 0.361 e. The minimum absolute atomic E-state index is 0.111. The highest BCUT2D eigenvalue weighted by Crippen LogP contribution is 2.40. The van der Waals surface area contributed by atoms with E-state index in [1.165, 1.54) is 24.5 Å². The van der Waals surface area contributed by atoms with Gasteiger partial charge in [0, 0.05) is 34.3 Å². The molecule has 4 rings (SSSR count). The van der Waals surface area contributed by atoms with Crippen LogP contribution in [0.25, 0.3) is 10.9 Å². The van der Waals surface area contributed by atoms with Gasteiger partial charge < -0.3 is 4.98 Å². The van der Waals surface area contributed by atoms with Crippen LogP contribution in [0.1, 0.15) is 33.7 Å². The Bertz CT molecular complexity index is 1340. The van der Waals surface area contributed by atoms with Crippen LogP contribution < -0.4 is 0 Å². The first-order chi connectivity index (χ1) is 14.6. The van der Waals surface area contributed by atoms with Gasteiger partial charge in [0.15, 0.2) is 9.84 Å². The normalized spacial score (nSPS) is 12.9. The van der Waals surface area contributed by atoms with Crippen LogP contribution in [0.2, 0.25) is 5.02 Å². The Hall–Kier alpha value is -2.70. The van der Waals surface area contributed by atoms with Gasteiger partial charge in [-0.3, -0.25) is 0 Å². The molecule has 0 spiro atoms. The molecule has 7 heteroatoms. The SMILES string of the molecule is Cc1cc(F)ccc1C(c1ccc(Cl)cc1F)c1c[nH]c2c(CS(C)(=O)=O)cccc12. The smallest absolute Gasteiger partial charge is 0.151 e. The van der Waals surface area contributed by atoms with Gasteiger partial charge in [-0.1, -0.05) is 41.9 Å². The monoisotopic (exact) mass is 459 g/mol. The average Bonchev–Trinajstić information content (AvgIpc) is 3.09. The summed E-state index contributed by atoms with van der Waals surface area (Å²) in [5, 5.41) is 1.06. The third kappa shape index (κ3) is 4.36. The number of hydrogen-bond donors (Lipinski definition) is 1. The predicted octanol–water partition coefficient (Wildman–Crippen LogP) is 6.13. The van der Waals surface area contributed by atoms with Gasteiger partial charge in [0.25, 0.3) is 0 Å². The molecule has 1 atom stereocenters. The molecule has 1 aromatic heterocycles. The molecule has 0 amide bonds. The molecule has 0 saturated heterocycles. The lowest BCUT2D eigenvalue weighted by Crippen LogP contribution is -2.08. The maximum atomic E-state index is 15.0. The number of halogens is 3. The first-order valence-electron chi connectivity index (χ1n) is 9.61. The molecular formula is C24H20ClF2NO2S. The summed E-state index contributed by atoms with van der Waals surface area (Å²) in [5.41, 5.74) is 3.91. The van der Waals surface area contributed by atoms with E-state index < -0.39 is 21.6 Å². The highest BCUT2D eigenvalue weighted by atomic mass is 35.5. The topological polar surface area (TPSA) is 49.9 Å². The van der Waals surface area contributed by atoms with Gasteiger partial charge in [-0.05, 0) is 59.0 Å². The molecule has 0 saturated carbocycles. The van der Waals surface area contributed by atoms with Crippen molar-refractivity contribution in [2.45, 2.75) is 18.6 Å². The van der Waals surface area contributed by atoms with Gasteiger partial charge in [0.2, 0.25) is 0 Å². The zero-order valence-corrected chi connectivity index (χ0v) is 18.5. The van der Waals surface area contributed by atoms with Crippen LogP contribution in [-0.4, -0.2) is 19.7 Å². The van der Waals surface area contributed by atoms with Crippen molar-refractivity contribution in [3.63, 3.8) is 0 Å². The first-order valence-corrected chi connectivity index (χ1v) is 12.1. The van der Waals surface area contributed by atoms with Gasteiger partial charge in [-0.25, -0.2) is 17.2 Å². The Morgan fingerprint density at radius 2 is 1.74 bits per heavy atom. The average molecular weight is 460 g/mol. The number of aromatic nitrogens is 1. The second-order valence-corrected chi connectivity index (χ2v) is 10.3. The lowest BCUT2D eigenvalue weighted by molar-refractivity contribution is 0.601. The van der Waals surface area contributed by atoms with Crippen LogP contribution in [0.3, 0.4) is 0 Å². The quantitative estimate of drug-likeness (QED) is 0.390. The molecule has 4 aromatic rings. The van der Waals surface area contributed by atoms with E-state index in [1.807, 2.05) is 6.07 Å². The highest BCUT2D eigenvalue weighted by Gasteiger charge is 2.25. The maximum Gasteiger partial charge on any atom is 0.151 e. The Labute approximate surface area is 184 Å². The van der Waals surface area contributed by atoms with Crippen molar-refractivity contribution in [1.82, 2.24) is 4.98 Å². The summed E-state index contributed by atoms with van der Waals surface area (Å²) in [6, 6.07) is 14.3. The summed E-state index contributed by atoms with van der Waals surface area (Å²) < 4.78 is 52.6. The van der Waals surface area contributed by atoms with Crippen LogP contribution in [0.4, 0.5) is 8.78 Å². The van der Waals surface area contributed by atoms with Crippen molar-refractivity contribution in [2.75, 3.05) is 6.26 Å². The van der Waals surface area contributed by atoms with E-state index >= 15 is 4.39 Å². The molecule has 0 aliphatic carbocycles. The molecule has 0 aliphatic heterocycles. The minimum atomic E-state index is -3.24. The Kier molecular flexibility index (Phi) is 5.62. The third-order valence-electron chi connectivity index (χ3n) is 5.38. The molecule has 1 heterocycles. The van der Waals surface area contributed by atoms with E-state index in [-0.39, 0.29) is 16.6 Å². The summed E-state index contributed by atoms with van der Waals surface area (Å²) in [4.78, 5) is 3.17. The number of benzene rings is 3. The number of hydrogen-bond acceptors (Lipinski definition) is 2. The molecule has 1 N–H and O–H groups in total. The molecule has 0 radical (unpaired) electrons. The Balaban J connectivity index is 1.98. The van der Waals surface area contributed by atoms with Gasteiger partial charge in [-0.15, -0.1) is 0 Å². The fraction of sp³-hybridized carbons (Fsp3) is 0.167. The van der Waals surface area contributed by atoms with E-state index in [0.717, 1.165) is 16.5 Å². The zero-order valence-electron chi connectivity index (χ0n) is 16.9. The van der Waals surface area contributed by atoms with Crippen molar-refractivity contribution in [3.8, 4) is 0 Å². The second kappa shape index (κ2) is 8.09. The van der Waals surface area contributed by atoms with Crippen molar-refractivity contribution >= 4 is 32.3 Å². The lowest BCUT2D eigenvalue weighted by atomic mass is 9.82. The van der Waals surface area contributed by atoms with Crippen molar-refractivity contribution in [3.05, 3.63) is 105 Å². The fourth-order valence-electron chi connectivity index (χ4n) is 4.08. The van der Waals surface area contributed by atoms with Crippen molar-refractivity contribution < 1.29 is 17.2 Å². The molecule has 0 bridgehead atoms.